The summed E-state index contributed by atoms with van der Waals surface area (Å²) in [6.45, 7) is 1.96. The molecule has 0 spiro atoms. The Kier molecular flexibility index (Phi) is 4.82. The summed E-state index contributed by atoms with van der Waals surface area (Å²) >= 11 is 0. The average molecular weight is 450 g/mol. The zero-order valence-corrected chi connectivity index (χ0v) is 18.1. The zero-order valence-electron chi connectivity index (χ0n) is 17.2. The van der Waals surface area contributed by atoms with Gasteiger partial charge in [0.05, 0.1) is 16.6 Å². The molecule has 1 fully saturated rings. The molecule has 1 aromatic heterocycles. The van der Waals surface area contributed by atoms with Crippen LogP contribution in [0.2, 0.25) is 0 Å². The molecule has 1 aliphatic carbocycles. The lowest BCUT2D eigenvalue weighted by Crippen LogP contribution is -2.25. The second kappa shape index (κ2) is 7.56. The molecule has 162 valence electrons. The van der Waals surface area contributed by atoms with E-state index in [1.807, 2.05) is 25.1 Å². The van der Waals surface area contributed by atoms with E-state index in [1.54, 1.807) is 18.2 Å². The third-order valence-electron chi connectivity index (χ3n) is 5.58. The fourth-order valence-electron chi connectivity index (χ4n) is 3.67. The number of halogens is 1. The van der Waals surface area contributed by atoms with E-state index >= 15 is 0 Å². The average Bonchev–Trinajstić information content (AvgIpc) is 3.48. The van der Waals surface area contributed by atoms with E-state index in [0.717, 1.165) is 39.7 Å². The molecule has 0 unspecified atom stereocenters. The number of amides is 1. The van der Waals surface area contributed by atoms with Crippen LogP contribution in [0.25, 0.3) is 22.0 Å². The van der Waals surface area contributed by atoms with Gasteiger partial charge in [0.25, 0.3) is 15.9 Å². The predicted octanol–water partition coefficient (Wildman–Crippen LogP) is 4.28. The minimum atomic E-state index is -4.04. The van der Waals surface area contributed by atoms with Gasteiger partial charge in [0.2, 0.25) is 0 Å². The lowest BCUT2D eigenvalue weighted by Gasteiger charge is -2.10. The van der Waals surface area contributed by atoms with Crippen LogP contribution < -0.4 is 5.32 Å². The van der Waals surface area contributed by atoms with Crippen molar-refractivity contribution in [2.45, 2.75) is 30.7 Å². The predicted molar refractivity (Wildman–Crippen MR) is 119 cm³/mol. The van der Waals surface area contributed by atoms with Gasteiger partial charge >= 0.3 is 0 Å². The number of nitrogens with one attached hydrogen (secondary N) is 1. The first-order valence-corrected chi connectivity index (χ1v) is 11.7. The molecule has 1 N–H and O–H groups in total. The third-order valence-corrected chi connectivity index (χ3v) is 7.18. The topological polar surface area (TPSA) is 81.1 Å². The maximum atomic E-state index is 13.6. The van der Waals surface area contributed by atoms with Gasteiger partial charge in [-0.1, -0.05) is 18.2 Å². The van der Waals surface area contributed by atoms with Crippen molar-refractivity contribution in [3.63, 3.8) is 0 Å². The molecule has 0 atom stereocenters. The van der Waals surface area contributed by atoms with Crippen LogP contribution in [-0.2, 0) is 10.0 Å². The van der Waals surface area contributed by atoms with Crippen molar-refractivity contribution < 1.29 is 17.6 Å². The van der Waals surface area contributed by atoms with E-state index in [-0.39, 0.29) is 16.8 Å². The van der Waals surface area contributed by atoms with Crippen molar-refractivity contribution in [1.29, 1.82) is 0 Å². The highest BCUT2D eigenvalue weighted by molar-refractivity contribution is 7.90. The number of hydrogen-bond acceptors (Lipinski definition) is 4. The standard InChI is InChI=1S/C24H20FN3O3S/c1-15-5-6-17(24(29)27-20-8-9-20)12-22(15)16-7-10-23-18(11-16)14-26-28(23)32(30,31)21-4-2-3-19(25)13-21/h2-7,10-14,20H,8-9H2,1H3,(H,27,29). The summed E-state index contributed by atoms with van der Waals surface area (Å²) in [6.07, 6.45) is 3.50. The molecule has 0 radical (unpaired) electrons. The number of aryl methyl sites for hydroxylation is 1. The van der Waals surface area contributed by atoms with E-state index in [4.69, 9.17) is 0 Å². The highest BCUT2D eigenvalue weighted by Crippen LogP contribution is 2.30. The largest absolute Gasteiger partial charge is 0.349 e. The van der Waals surface area contributed by atoms with Crippen LogP contribution in [0.4, 0.5) is 4.39 Å². The minimum absolute atomic E-state index is 0.0937. The van der Waals surface area contributed by atoms with Gasteiger partial charge in [-0.05, 0) is 78.9 Å². The molecule has 0 aliphatic heterocycles. The van der Waals surface area contributed by atoms with Crippen LogP contribution >= 0.6 is 0 Å². The van der Waals surface area contributed by atoms with E-state index in [9.17, 15) is 17.6 Å². The van der Waals surface area contributed by atoms with Gasteiger partial charge in [0.15, 0.2) is 0 Å². The number of benzene rings is 3. The van der Waals surface area contributed by atoms with Crippen LogP contribution in [0, 0.1) is 12.7 Å². The zero-order chi connectivity index (χ0) is 22.5. The number of hydrogen-bond donors (Lipinski definition) is 1. The van der Waals surface area contributed by atoms with Crippen LogP contribution in [0.1, 0.15) is 28.8 Å². The molecular weight excluding hydrogens is 429 g/mol. The molecule has 5 rings (SSSR count). The van der Waals surface area contributed by atoms with Crippen LogP contribution in [0.5, 0.6) is 0 Å². The third kappa shape index (κ3) is 3.67. The van der Waals surface area contributed by atoms with Gasteiger partial charge in [0.1, 0.15) is 5.82 Å². The molecule has 1 amide bonds. The molecule has 1 heterocycles. The quantitative estimate of drug-likeness (QED) is 0.493. The number of nitrogens with zero attached hydrogens (tertiary/aromatic N) is 2. The van der Waals surface area contributed by atoms with Crippen LogP contribution in [0.3, 0.4) is 0 Å². The summed E-state index contributed by atoms with van der Waals surface area (Å²) in [4.78, 5) is 12.3. The van der Waals surface area contributed by atoms with Crippen molar-refractivity contribution in [3.05, 3.63) is 83.8 Å². The summed E-state index contributed by atoms with van der Waals surface area (Å²) in [5, 5.41) is 7.67. The highest BCUT2D eigenvalue weighted by Gasteiger charge is 2.24. The summed E-state index contributed by atoms with van der Waals surface area (Å²) in [7, 11) is -4.04. The lowest BCUT2D eigenvalue weighted by atomic mass is 9.97. The van der Waals surface area contributed by atoms with E-state index < -0.39 is 15.8 Å². The SMILES string of the molecule is Cc1ccc(C(=O)NC2CC2)cc1-c1ccc2c(cnn2S(=O)(=O)c2cccc(F)c2)c1. The first-order valence-electron chi connectivity index (χ1n) is 10.2. The fraction of sp³-hybridized carbons (Fsp3) is 0.167. The fourth-order valence-corrected chi connectivity index (χ4v) is 4.97. The Morgan fingerprint density at radius 1 is 1.09 bits per heavy atom. The summed E-state index contributed by atoms with van der Waals surface area (Å²) in [6, 6.07) is 16.0. The highest BCUT2D eigenvalue weighted by atomic mass is 32.2. The molecule has 1 saturated carbocycles. The second-order valence-electron chi connectivity index (χ2n) is 8.00. The normalized spacial score (nSPS) is 13.9. The van der Waals surface area contributed by atoms with Crippen molar-refractivity contribution >= 4 is 26.8 Å². The number of carbonyl (C=O) groups excluding carboxylic acids is 1. The summed E-state index contributed by atoms with van der Waals surface area (Å²) in [5.74, 6) is -0.727. The van der Waals surface area contributed by atoms with E-state index in [1.165, 1.54) is 24.4 Å². The van der Waals surface area contributed by atoms with Crippen LogP contribution in [-0.4, -0.2) is 29.6 Å². The monoisotopic (exact) mass is 449 g/mol. The van der Waals surface area contributed by atoms with Crippen molar-refractivity contribution in [1.82, 2.24) is 14.5 Å². The number of aromatic nitrogens is 2. The lowest BCUT2D eigenvalue weighted by molar-refractivity contribution is 0.0951. The first-order chi connectivity index (χ1) is 15.3. The molecule has 32 heavy (non-hydrogen) atoms. The van der Waals surface area contributed by atoms with E-state index in [0.29, 0.717) is 16.5 Å². The Bertz CT molecular complexity index is 1470. The molecule has 3 aromatic carbocycles. The molecule has 0 bridgehead atoms. The molecule has 8 heteroatoms. The Morgan fingerprint density at radius 3 is 2.66 bits per heavy atom. The second-order valence-corrected chi connectivity index (χ2v) is 9.77. The van der Waals surface area contributed by atoms with Crippen molar-refractivity contribution in [2.24, 2.45) is 0 Å². The molecular formula is C24H20FN3O3S. The van der Waals surface area contributed by atoms with Crippen LogP contribution in [0.15, 0.2) is 71.8 Å². The Labute approximate surface area is 184 Å². The Morgan fingerprint density at radius 2 is 1.91 bits per heavy atom. The summed E-state index contributed by atoms with van der Waals surface area (Å²) in [5.41, 5.74) is 3.70. The number of rotatable bonds is 5. The maximum absolute atomic E-state index is 13.6. The van der Waals surface area contributed by atoms with Crippen molar-refractivity contribution in [2.75, 3.05) is 0 Å². The smallest absolute Gasteiger partial charge is 0.283 e. The molecule has 4 aromatic rings. The molecule has 1 aliphatic rings. The van der Waals surface area contributed by atoms with E-state index in [2.05, 4.69) is 10.4 Å². The Balaban J connectivity index is 1.54. The van der Waals surface area contributed by atoms with Gasteiger partial charge in [-0.3, -0.25) is 4.79 Å². The number of carbonyl (C=O) groups is 1. The van der Waals surface area contributed by atoms with Gasteiger partial charge in [-0.2, -0.15) is 17.6 Å². The maximum Gasteiger partial charge on any atom is 0.283 e. The van der Waals surface area contributed by atoms with Crippen molar-refractivity contribution in [3.8, 4) is 11.1 Å². The minimum Gasteiger partial charge on any atom is -0.349 e. The van der Waals surface area contributed by atoms with Gasteiger partial charge in [-0.15, -0.1) is 0 Å². The molecule has 6 nitrogen and oxygen atoms in total. The first kappa shape index (κ1) is 20.4. The summed E-state index contributed by atoms with van der Waals surface area (Å²) < 4.78 is 40.4. The van der Waals surface area contributed by atoms with Gasteiger partial charge in [0, 0.05) is 17.0 Å². The van der Waals surface area contributed by atoms with Gasteiger partial charge < -0.3 is 5.32 Å². The molecule has 0 saturated heterocycles. The Hall–Kier alpha value is -3.52. The van der Waals surface area contributed by atoms with Gasteiger partial charge in [-0.25, -0.2) is 4.39 Å². The number of fused-ring (bicyclic) bond motifs is 1.